The molecule has 0 aliphatic carbocycles. The number of hydrogen-bond acceptors (Lipinski definition) is 6. The number of benzene rings is 2. The fourth-order valence-electron chi connectivity index (χ4n) is 3.89. The minimum atomic E-state index is 0.0807. The lowest BCUT2D eigenvalue weighted by atomic mass is 10.1. The molecule has 2 aromatic heterocycles. The molecule has 1 aliphatic heterocycles. The molecule has 5 rings (SSSR count). The van der Waals surface area contributed by atoms with Crippen LogP contribution in [0.2, 0.25) is 0 Å². The first-order valence-corrected chi connectivity index (χ1v) is 10.2. The van der Waals surface area contributed by atoms with Crippen molar-refractivity contribution in [2.45, 2.75) is 0 Å². The maximum absolute atomic E-state index is 8.82. The molecule has 31 heavy (non-hydrogen) atoms. The highest BCUT2D eigenvalue weighted by Gasteiger charge is 2.12. The lowest BCUT2D eigenvalue weighted by Crippen LogP contribution is -2.43. The van der Waals surface area contributed by atoms with Crippen LogP contribution in [0, 0.1) is 0 Å². The molecule has 0 spiro atoms. The molecule has 156 valence electrons. The molecule has 0 bridgehead atoms. The zero-order chi connectivity index (χ0) is 21.2. The number of nitrogens with zero attached hydrogens (tertiary/aromatic N) is 5. The van der Waals surface area contributed by atoms with Crippen LogP contribution in [0.25, 0.3) is 27.9 Å². The Bertz CT molecular complexity index is 1220. The first kappa shape index (κ1) is 19.1. The van der Waals surface area contributed by atoms with Gasteiger partial charge in [-0.15, -0.1) is 0 Å². The highest BCUT2D eigenvalue weighted by Crippen LogP contribution is 2.27. The van der Waals surface area contributed by atoms with Crippen molar-refractivity contribution in [1.29, 1.82) is 0 Å². The SMILES string of the molecule is N/C(=N\O)c1ccc(-c2cnn3cc(-c4ccc(N5CCNCC5)cc4)cnc23)cc1. The minimum Gasteiger partial charge on any atom is -0.409 e. The molecular weight excluding hydrogens is 390 g/mol. The van der Waals surface area contributed by atoms with Crippen LogP contribution in [0.1, 0.15) is 5.56 Å². The predicted octanol–water partition coefficient (Wildman–Crippen LogP) is 2.57. The number of amidine groups is 1. The van der Waals surface area contributed by atoms with Crippen molar-refractivity contribution in [1.82, 2.24) is 19.9 Å². The number of fused-ring (bicyclic) bond motifs is 1. The third-order valence-corrected chi connectivity index (χ3v) is 5.64. The maximum Gasteiger partial charge on any atom is 0.170 e. The highest BCUT2D eigenvalue weighted by atomic mass is 16.4. The summed E-state index contributed by atoms with van der Waals surface area (Å²) in [6.45, 7) is 4.11. The van der Waals surface area contributed by atoms with Crippen molar-refractivity contribution in [3.8, 4) is 22.3 Å². The lowest BCUT2D eigenvalue weighted by molar-refractivity contribution is 0.318. The number of aromatic nitrogens is 3. The van der Waals surface area contributed by atoms with Crippen LogP contribution in [0.3, 0.4) is 0 Å². The van der Waals surface area contributed by atoms with Gasteiger partial charge in [0.1, 0.15) is 0 Å². The molecular formula is C23H23N7O. The molecule has 4 aromatic rings. The second kappa shape index (κ2) is 8.08. The van der Waals surface area contributed by atoms with Gasteiger partial charge in [-0.05, 0) is 23.3 Å². The van der Waals surface area contributed by atoms with E-state index in [1.165, 1.54) is 5.69 Å². The van der Waals surface area contributed by atoms with Crippen LogP contribution in [-0.4, -0.2) is 51.8 Å². The van der Waals surface area contributed by atoms with Gasteiger partial charge in [0.15, 0.2) is 11.5 Å². The number of piperazine rings is 1. The standard InChI is InChI=1S/C23H23N7O/c24-22(28-31)18-3-1-17(2-4-18)21-14-27-30-15-19(13-26-23(21)30)16-5-7-20(8-6-16)29-11-9-25-10-12-29/h1-8,13-15,25,31H,9-12H2,(H2,24,28). The van der Waals surface area contributed by atoms with Crippen LogP contribution in [0.5, 0.6) is 0 Å². The van der Waals surface area contributed by atoms with Crippen LogP contribution in [-0.2, 0) is 0 Å². The van der Waals surface area contributed by atoms with E-state index in [0.717, 1.165) is 54.1 Å². The second-order valence-corrected chi connectivity index (χ2v) is 7.52. The van der Waals surface area contributed by atoms with Crippen molar-refractivity contribution in [2.24, 2.45) is 10.9 Å². The van der Waals surface area contributed by atoms with E-state index in [2.05, 4.69) is 49.7 Å². The zero-order valence-electron chi connectivity index (χ0n) is 16.9. The van der Waals surface area contributed by atoms with Crippen LogP contribution in [0.15, 0.2) is 72.3 Å². The largest absolute Gasteiger partial charge is 0.409 e. The monoisotopic (exact) mass is 413 g/mol. The number of nitrogens with two attached hydrogens (primary N) is 1. The fraction of sp³-hybridized carbons (Fsp3) is 0.174. The molecule has 1 aliphatic rings. The molecule has 1 fully saturated rings. The predicted molar refractivity (Wildman–Crippen MR) is 121 cm³/mol. The van der Waals surface area contributed by atoms with Gasteiger partial charge in [0.2, 0.25) is 0 Å². The smallest absolute Gasteiger partial charge is 0.170 e. The van der Waals surface area contributed by atoms with E-state index in [1.807, 2.05) is 36.7 Å². The van der Waals surface area contributed by atoms with Crippen LogP contribution < -0.4 is 16.0 Å². The Hall–Kier alpha value is -3.91. The molecule has 4 N–H and O–H groups in total. The average molecular weight is 413 g/mol. The van der Waals surface area contributed by atoms with Gasteiger partial charge in [0.05, 0.1) is 6.20 Å². The average Bonchev–Trinajstić information content (AvgIpc) is 3.27. The van der Waals surface area contributed by atoms with Crippen molar-refractivity contribution in [3.05, 3.63) is 72.7 Å². The summed E-state index contributed by atoms with van der Waals surface area (Å²) in [6, 6.07) is 16.0. The van der Waals surface area contributed by atoms with Crippen molar-refractivity contribution in [2.75, 3.05) is 31.1 Å². The molecule has 0 saturated carbocycles. The number of anilines is 1. The van der Waals surface area contributed by atoms with Gasteiger partial charge < -0.3 is 21.2 Å². The third-order valence-electron chi connectivity index (χ3n) is 5.64. The van der Waals surface area contributed by atoms with Gasteiger partial charge in [-0.25, -0.2) is 9.50 Å². The van der Waals surface area contributed by atoms with E-state index in [0.29, 0.717) is 5.56 Å². The summed E-state index contributed by atoms with van der Waals surface area (Å²) in [6.07, 6.45) is 5.68. The Labute approximate surface area is 179 Å². The summed E-state index contributed by atoms with van der Waals surface area (Å²) in [5.41, 5.74) is 12.3. The Balaban J connectivity index is 1.41. The van der Waals surface area contributed by atoms with E-state index >= 15 is 0 Å². The first-order chi connectivity index (χ1) is 15.2. The summed E-state index contributed by atoms with van der Waals surface area (Å²) in [5, 5.41) is 19.7. The summed E-state index contributed by atoms with van der Waals surface area (Å²) < 4.78 is 1.80. The molecule has 0 amide bonds. The topological polar surface area (TPSA) is 104 Å². The van der Waals surface area contributed by atoms with Crippen LogP contribution in [0.4, 0.5) is 5.69 Å². The Morgan fingerprint density at radius 2 is 1.65 bits per heavy atom. The van der Waals surface area contributed by atoms with Gasteiger partial charge in [0, 0.05) is 61.0 Å². The summed E-state index contributed by atoms with van der Waals surface area (Å²) in [4.78, 5) is 7.07. The van der Waals surface area contributed by atoms with Crippen molar-refractivity contribution < 1.29 is 5.21 Å². The maximum atomic E-state index is 8.82. The molecule has 8 nitrogen and oxygen atoms in total. The van der Waals surface area contributed by atoms with Gasteiger partial charge in [-0.1, -0.05) is 41.6 Å². The van der Waals surface area contributed by atoms with Gasteiger partial charge in [0.25, 0.3) is 0 Å². The first-order valence-electron chi connectivity index (χ1n) is 10.2. The normalized spacial score (nSPS) is 14.8. The number of oxime groups is 1. The Morgan fingerprint density at radius 1 is 0.935 bits per heavy atom. The summed E-state index contributed by atoms with van der Waals surface area (Å²) >= 11 is 0. The molecule has 8 heteroatoms. The molecule has 1 saturated heterocycles. The van der Waals surface area contributed by atoms with E-state index in [4.69, 9.17) is 10.9 Å². The summed E-state index contributed by atoms with van der Waals surface area (Å²) in [5.74, 6) is 0.0807. The Kier molecular flexibility index (Phi) is 4.97. The molecule has 0 atom stereocenters. The van der Waals surface area contributed by atoms with Crippen LogP contribution >= 0.6 is 0 Å². The quantitative estimate of drug-likeness (QED) is 0.206. The Morgan fingerprint density at radius 3 is 2.35 bits per heavy atom. The molecule has 3 heterocycles. The molecule has 2 aromatic carbocycles. The number of rotatable bonds is 4. The highest BCUT2D eigenvalue weighted by molar-refractivity contribution is 5.97. The van der Waals surface area contributed by atoms with E-state index in [9.17, 15) is 0 Å². The summed E-state index contributed by atoms with van der Waals surface area (Å²) in [7, 11) is 0. The van der Waals surface area contributed by atoms with Gasteiger partial charge >= 0.3 is 0 Å². The van der Waals surface area contributed by atoms with E-state index in [1.54, 1.807) is 10.7 Å². The zero-order valence-corrected chi connectivity index (χ0v) is 16.9. The van der Waals surface area contributed by atoms with Gasteiger partial charge in [-0.2, -0.15) is 5.10 Å². The minimum absolute atomic E-state index is 0.0807. The second-order valence-electron chi connectivity index (χ2n) is 7.52. The van der Waals surface area contributed by atoms with Crippen molar-refractivity contribution >= 4 is 17.2 Å². The van der Waals surface area contributed by atoms with Crippen molar-refractivity contribution in [3.63, 3.8) is 0 Å². The third kappa shape index (κ3) is 3.69. The van der Waals surface area contributed by atoms with Gasteiger partial charge in [-0.3, -0.25) is 0 Å². The number of nitrogens with one attached hydrogen (secondary N) is 1. The number of hydrogen-bond donors (Lipinski definition) is 3. The lowest BCUT2D eigenvalue weighted by Gasteiger charge is -2.29. The fourth-order valence-corrected chi connectivity index (χ4v) is 3.89. The molecule has 0 unspecified atom stereocenters. The molecule has 0 radical (unpaired) electrons. The van der Waals surface area contributed by atoms with E-state index < -0.39 is 0 Å². The van der Waals surface area contributed by atoms with E-state index in [-0.39, 0.29) is 5.84 Å².